The Hall–Kier alpha value is -2.82. The molecule has 156 valence electrons. The van der Waals surface area contributed by atoms with Gasteiger partial charge in [0.25, 0.3) is 0 Å². The van der Waals surface area contributed by atoms with Gasteiger partial charge in [-0.05, 0) is 56.0 Å². The van der Waals surface area contributed by atoms with Crippen molar-refractivity contribution in [3.8, 4) is 5.75 Å². The Labute approximate surface area is 174 Å². The Balaban J connectivity index is 2.26. The third-order valence-electron chi connectivity index (χ3n) is 5.26. The SMILES string of the molecule is CC[C@@H](C)NC(=O)[C@H](C)N(Cc1cccc(OC)c1)C(=O)Cc1ccccc1C. The molecule has 2 atom stereocenters. The maximum absolute atomic E-state index is 13.2. The summed E-state index contributed by atoms with van der Waals surface area (Å²) in [5.74, 6) is 0.514. The summed E-state index contributed by atoms with van der Waals surface area (Å²) >= 11 is 0. The maximum Gasteiger partial charge on any atom is 0.242 e. The van der Waals surface area contributed by atoms with Gasteiger partial charge in [0.05, 0.1) is 13.5 Å². The zero-order chi connectivity index (χ0) is 21.4. The highest BCUT2D eigenvalue weighted by Crippen LogP contribution is 2.18. The monoisotopic (exact) mass is 396 g/mol. The van der Waals surface area contributed by atoms with Gasteiger partial charge >= 0.3 is 0 Å². The number of ether oxygens (including phenoxy) is 1. The summed E-state index contributed by atoms with van der Waals surface area (Å²) in [6.45, 7) is 8.11. The molecule has 0 heterocycles. The van der Waals surface area contributed by atoms with E-state index < -0.39 is 6.04 Å². The van der Waals surface area contributed by atoms with Crippen molar-refractivity contribution < 1.29 is 14.3 Å². The fraction of sp³-hybridized carbons (Fsp3) is 0.417. The number of benzene rings is 2. The molecule has 5 heteroatoms. The minimum atomic E-state index is -0.577. The summed E-state index contributed by atoms with van der Waals surface area (Å²) in [6, 6.07) is 14.9. The first-order valence-electron chi connectivity index (χ1n) is 10.1. The fourth-order valence-corrected chi connectivity index (χ4v) is 3.09. The molecule has 0 fully saturated rings. The minimum absolute atomic E-state index is 0.0649. The summed E-state index contributed by atoms with van der Waals surface area (Å²) in [4.78, 5) is 27.7. The van der Waals surface area contributed by atoms with Crippen LogP contribution in [0.3, 0.4) is 0 Å². The second-order valence-electron chi connectivity index (χ2n) is 7.47. The van der Waals surface area contributed by atoms with Crippen LogP contribution in [0.15, 0.2) is 48.5 Å². The van der Waals surface area contributed by atoms with Crippen LogP contribution >= 0.6 is 0 Å². The number of aryl methyl sites for hydroxylation is 1. The lowest BCUT2D eigenvalue weighted by Gasteiger charge is -2.30. The van der Waals surface area contributed by atoms with E-state index in [9.17, 15) is 9.59 Å². The maximum atomic E-state index is 13.2. The first kappa shape index (κ1) is 22.5. The third kappa shape index (κ3) is 6.34. The van der Waals surface area contributed by atoms with Crippen molar-refractivity contribution in [3.05, 3.63) is 65.2 Å². The van der Waals surface area contributed by atoms with Crippen LogP contribution in [0.5, 0.6) is 5.75 Å². The molecule has 1 N–H and O–H groups in total. The van der Waals surface area contributed by atoms with Crippen LogP contribution in [-0.2, 0) is 22.6 Å². The van der Waals surface area contributed by atoms with Gasteiger partial charge in [-0.3, -0.25) is 9.59 Å². The first-order chi connectivity index (χ1) is 13.8. The third-order valence-corrected chi connectivity index (χ3v) is 5.26. The first-order valence-corrected chi connectivity index (χ1v) is 10.1. The van der Waals surface area contributed by atoms with Crippen molar-refractivity contribution in [3.63, 3.8) is 0 Å². The van der Waals surface area contributed by atoms with Crippen LogP contribution in [-0.4, -0.2) is 35.9 Å². The molecule has 0 aliphatic rings. The molecule has 0 spiro atoms. The lowest BCUT2D eigenvalue weighted by Crippen LogP contribution is -2.49. The van der Waals surface area contributed by atoms with Crippen molar-refractivity contribution in [2.45, 2.75) is 59.2 Å². The van der Waals surface area contributed by atoms with Crippen LogP contribution in [0.2, 0.25) is 0 Å². The average Bonchev–Trinajstić information content (AvgIpc) is 2.73. The van der Waals surface area contributed by atoms with Gasteiger partial charge in [-0.25, -0.2) is 0 Å². The molecule has 2 rings (SSSR count). The number of carbonyl (C=O) groups is 2. The molecular formula is C24H32N2O3. The van der Waals surface area contributed by atoms with Gasteiger partial charge < -0.3 is 15.0 Å². The van der Waals surface area contributed by atoms with E-state index in [2.05, 4.69) is 5.32 Å². The quantitative estimate of drug-likeness (QED) is 0.700. The normalized spacial score (nSPS) is 12.7. The van der Waals surface area contributed by atoms with E-state index in [4.69, 9.17) is 4.74 Å². The molecule has 0 saturated carbocycles. The molecular weight excluding hydrogens is 364 g/mol. The zero-order valence-corrected chi connectivity index (χ0v) is 18.1. The molecule has 0 aromatic heterocycles. The molecule has 0 aliphatic heterocycles. The summed E-state index contributed by atoms with van der Waals surface area (Å²) < 4.78 is 5.30. The van der Waals surface area contributed by atoms with Crippen molar-refractivity contribution in [2.75, 3.05) is 7.11 Å². The van der Waals surface area contributed by atoms with Gasteiger partial charge in [0.1, 0.15) is 11.8 Å². The Morgan fingerprint density at radius 2 is 1.83 bits per heavy atom. The largest absolute Gasteiger partial charge is 0.497 e. The topological polar surface area (TPSA) is 58.6 Å². The molecule has 2 aromatic carbocycles. The van der Waals surface area contributed by atoms with Crippen LogP contribution in [0.4, 0.5) is 0 Å². The number of hydrogen-bond donors (Lipinski definition) is 1. The summed E-state index contributed by atoms with van der Waals surface area (Å²) in [6.07, 6.45) is 1.10. The summed E-state index contributed by atoms with van der Waals surface area (Å²) in [5, 5.41) is 2.99. The number of carbonyl (C=O) groups excluding carboxylic acids is 2. The predicted molar refractivity (Wildman–Crippen MR) is 116 cm³/mol. The molecule has 0 bridgehead atoms. The zero-order valence-electron chi connectivity index (χ0n) is 18.1. The highest BCUT2D eigenvalue weighted by atomic mass is 16.5. The van der Waals surface area contributed by atoms with Gasteiger partial charge in [-0.15, -0.1) is 0 Å². The Morgan fingerprint density at radius 3 is 2.48 bits per heavy atom. The van der Waals surface area contributed by atoms with E-state index in [1.165, 1.54) is 0 Å². The molecule has 5 nitrogen and oxygen atoms in total. The number of amides is 2. The second-order valence-corrected chi connectivity index (χ2v) is 7.47. The van der Waals surface area contributed by atoms with E-state index in [1.54, 1.807) is 18.9 Å². The average molecular weight is 397 g/mol. The van der Waals surface area contributed by atoms with E-state index in [1.807, 2.05) is 69.3 Å². The van der Waals surface area contributed by atoms with Crippen molar-refractivity contribution in [2.24, 2.45) is 0 Å². The van der Waals surface area contributed by atoms with Crippen LogP contribution in [0.25, 0.3) is 0 Å². The molecule has 0 unspecified atom stereocenters. The predicted octanol–water partition coefficient (Wildman–Crippen LogP) is 3.88. The van der Waals surface area contributed by atoms with E-state index in [0.29, 0.717) is 6.54 Å². The Kier molecular flexibility index (Phi) is 8.25. The van der Waals surface area contributed by atoms with Crippen LogP contribution in [0, 0.1) is 6.92 Å². The fourth-order valence-electron chi connectivity index (χ4n) is 3.09. The number of nitrogens with one attached hydrogen (secondary N) is 1. The highest BCUT2D eigenvalue weighted by Gasteiger charge is 2.27. The van der Waals surface area contributed by atoms with Crippen LogP contribution < -0.4 is 10.1 Å². The van der Waals surface area contributed by atoms with Crippen molar-refractivity contribution >= 4 is 11.8 Å². The van der Waals surface area contributed by atoms with Gasteiger partial charge in [-0.1, -0.05) is 43.3 Å². The highest BCUT2D eigenvalue weighted by molar-refractivity contribution is 5.88. The Bertz CT molecular complexity index is 834. The molecule has 0 aliphatic carbocycles. The molecule has 2 aromatic rings. The van der Waals surface area contributed by atoms with Gasteiger partial charge in [0.15, 0.2) is 0 Å². The van der Waals surface area contributed by atoms with E-state index in [-0.39, 0.29) is 24.3 Å². The van der Waals surface area contributed by atoms with Gasteiger partial charge in [-0.2, -0.15) is 0 Å². The smallest absolute Gasteiger partial charge is 0.242 e. The number of hydrogen-bond acceptors (Lipinski definition) is 3. The second kappa shape index (κ2) is 10.6. The van der Waals surface area contributed by atoms with E-state index >= 15 is 0 Å². The molecule has 29 heavy (non-hydrogen) atoms. The lowest BCUT2D eigenvalue weighted by atomic mass is 10.0. The van der Waals surface area contributed by atoms with Gasteiger partial charge in [0, 0.05) is 12.6 Å². The molecule has 0 saturated heterocycles. The minimum Gasteiger partial charge on any atom is -0.497 e. The lowest BCUT2D eigenvalue weighted by molar-refractivity contribution is -0.140. The van der Waals surface area contributed by atoms with Crippen molar-refractivity contribution in [1.29, 1.82) is 0 Å². The molecule has 2 amide bonds. The summed E-state index contributed by atoms with van der Waals surface area (Å²) in [7, 11) is 1.61. The molecule has 0 radical (unpaired) electrons. The van der Waals surface area contributed by atoms with Crippen molar-refractivity contribution in [1.82, 2.24) is 10.2 Å². The number of rotatable bonds is 9. The van der Waals surface area contributed by atoms with Crippen LogP contribution in [0.1, 0.15) is 43.9 Å². The number of nitrogens with zero attached hydrogens (tertiary/aromatic N) is 1. The summed E-state index contributed by atoms with van der Waals surface area (Å²) in [5.41, 5.74) is 2.97. The number of methoxy groups -OCH3 is 1. The Morgan fingerprint density at radius 1 is 1.10 bits per heavy atom. The van der Waals surface area contributed by atoms with E-state index in [0.717, 1.165) is 28.9 Å². The van der Waals surface area contributed by atoms with Gasteiger partial charge in [0.2, 0.25) is 11.8 Å². The standard InChI is InChI=1S/C24H32N2O3/c1-6-18(3)25-24(28)19(4)26(16-20-11-9-13-22(14-20)29-5)23(27)15-21-12-8-7-10-17(21)2/h7-14,18-19H,6,15-16H2,1-5H3,(H,25,28)/t18-,19+/m1/s1.